The smallest absolute Gasteiger partial charge is 0.407 e. The predicted octanol–water partition coefficient (Wildman–Crippen LogP) is 5.85. The molecular formula is C27H34N2O3. The molecule has 5 heteroatoms. The van der Waals surface area contributed by atoms with E-state index >= 15 is 0 Å². The number of benzene rings is 2. The first-order valence-electron chi connectivity index (χ1n) is 11.4. The van der Waals surface area contributed by atoms with E-state index in [4.69, 9.17) is 9.57 Å². The molecule has 1 atom stereocenters. The van der Waals surface area contributed by atoms with Crippen LogP contribution in [0.4, 0.5) is 4.79 Å². The van der Waals surface area contributed by atoms with E-state index in [1.807, 2.05) is 32.9 Å². The average Bonchev–Trinajstić information content (AvgIpc) is 3.22. The highest BCUT2D eigenvalue weighted by atomic mass is 16.6. The summed E-state index contributed by atoms with van der Waals surface area (Å²) in [7, 11) is 0. The van der Waals surface area contributed by atoms with Gasteiger partial charge in [0.1, 0.15) is 11.7 Å². The second-order valence-corrected chi connectivity index (χ2v) is 9.10. The molecule has 1 aliphatic rings. The van der Waals surface area contributed by atoms with Crippen molar-refractivity contribution in [1.29, 1.82) is 0 Å². The summed E-state index contributed by atoms with van der Waals surface area (Å²) in [6, 6.07) is 21.0. The number of carbonyl (C=O) groups is 1. The van der Waals surface area contributed by atoms with Crippen molar-refractivity contribution in [2.45, 2.75) is 64.6 Å². The molecule has 1 unspecified atom stereocenters. The van der Waals surface area contributed by atoms with Gasteiger partial charge < -0.3 is 14.9 Å². The Morgan fingerprint density at radius 2 is 1.75 bits per heavy atom. The lowest BCUT2D eigenvalue weighted by atomic mass is 9.95. The van der Waals surface area contributed by atoms with E-state index in [0.29, 0.717) is 13.0 Å². The third kappa shape index (κ3) is 8.22. The summed E-state index contributed by atoms with van der Waals surface area (Å²) < 4.78 is 5.28. The van der Waals surface area contributed by atoms with Crippen LogP contribution in [0.2, 0.25) is 0 Å². The van der Waals surface area contributed by atoms with Gasteiger partial charge in [-0.2, -0.15) is 0 Å². The van der Waals surface area contributed by atoms with Gasteiger partial charge in [-0.05, 0) is 56.7 Å². The van der Waals surface area contributed by atoms with Crippen LogP contribution in [0.25, 0.3) is 0 Å². The highest BCUT2D eigenvalue weighted by Gasteiger charge is 2.24. The van der Waals surface area contributed by atoms with Crippen molar-refractivity contribution in [3.63, 3.8) is 0 Å². The number of rotatable bonds is 9. The lowest BCUT2D eigenvalue weighted by Gasteiger charge is -2.19. The molecule has 5 nitrogen and oxygen atoms in total. The molecule has 1 heterocycles. The standard InChI is InChI=1S/C27H34N2O3/c1-27(2,3)31-26(30)28-18-17-24-20-25(29-32-24)23(19-22-13-8-5-9-14-22)16-10-15-21-11-6-4-7-12-21/h4-9,11-14,16,24H,10,15,17-20H2,1-3H3,(H,28,30)/b23-16+. The number of nitrogens with zero attached hydrogens (tertiary/aromatic N) is 1. The van der Waals surface area contributed by atoms with Crippen molar-refractivity contribution in [2.24, 2.45) is 5.16 Å². The fourth-order valence-electron chi connectivity index (χ4n) is 3.59. The van der Waals surface area contributed by atoms with Crippen LogP contribution in [0.5, 0.6) is 0 Å². The molecule has 0 bridgehead atoms. The molecule has 0 fully saturated rings. The molecule has 0 radical (unpaired) electrons. The second kappa shape index (κ2) is 11.5. The van der Waals surface area contributed by atoms with Gasteiger partial charge in [-0.25, -0.2) is 4.79 Å². The zero-order chi connectivity index (χ0) is 22.8. The monoisotopic (exact) mass is 434 g/mol. The van der Waals surface area contributed by atoms with Gasteiger partial charge in [0.15, 0.2) is 0 Å². The maximum Gasteiger partial charge on any atom is 0.407 e. The average molecular weight is 435 g/mol. The Morgan fingerprint density at radius 3 is 2.41 bits per heavy atom. The third-order valence-electron chi connectivity index (χ3n) is 5.14. The summed E-state index contributed by atoms with van der Waals surface area (Å²) in [6.45, 7) is 6.05. The summed E-state index contributed by atoms with van der Waals surface area (Å²) in [6.07, 6.45) is 6.08. The summed E-state index contributed by atoms with van der Waals surface area (Å²) >= 11 is 0. The first-order valence-corrected chi connectivity index (χ1v) is 11.4. The summed E-state index contributed by atoms with van der Waals surface area (Å²) in [5.41, 5.74) is 4.31. The predicted molar refractivity (Wildman–Crippen MR) is 129 cm³/mol. The minimum absolute atomic E-state index is 0.0340. The zero-order valence-electron chi connectivity index (χ0n) is 19.3. The minimum Gasteiger partial charge on any atom is -0.444 e. The number of allylic oxidation sites excluding steroid dienone is 2. The van der Waals surface area contributed by atoms with Crippen LogP contribution in [0, 0.1) is 0 Å². The molecule has 3 rings (SSSR count). The van der Waals surface area contributed by atoms with Crippen LogP contribution >= 0.6 is 0 Å². The number of nitrogens with one attached hydrogen (secondary N) is 1. The zero-order valence-corrected chi connectivity index (χ0v) is 19.3. The molecule has 170 valence electrons. The summed E-state index contributed by atoms with van der Waals surface area (Å²) in [4.78, 5) is 17.5. The van der Waals surface area contributed by atoms with Gasteiger partial charge in [0, 0.05) is 19.4 Å². The van der Waals surface area contributed by atoms with Crippen molar-refractivity contribution >= 4 is 11.8 Å². The highest BCUT2D eigenvalue weighted by molar-refractivity contribution is 6.01. The molecule has 0 saturated carbocycles. The molecule has 1 aliphatic heterocycles. The number of hydrogen-bond donors (Lipinski definition) is 1. The summed E-state index contributed by atoms with van der Waals surface area (Å²) in [5.74, 6) is 0. The van der Waals surface area contributed by atoms with Crippen LogP contribution in [0.3, 0.4) is 0 Å². The minimum atomic E-state index is -0.499. The Morgan fingerprint density at radius 1 is 1.09 bits per heavy atom. The molecule has 1 amide bonds. The van der Waals surface area contributed by atoms with Crippen LogP contribution in [-0.2, 0) is 22.4 Å². The lowest BCUT2D eigenvalue weighted by molar-refractivity contribution is 0.0496. The number of hydrogen-bond acceptors (Lipinski definition) is 4. The first-order chi connectivity index (χ1) is 15.4. The van der Waals surface area contributed by atoms with Crippen molar-refractivity contribution in [1.82, 2.24) is 5.32 Å². The number of alkyl carbamates (subject to hydrolysis) is 1. The highest BCUT2D eigenvalue weighted by Crippen LogP contribution is 2.22. The van der Waals surface area contributed by atoms with E-state index in [-0.39, 0.29) is 6.10 Å². The quantitative estimate of drug-likeness (QED) is 0.539. The van der Waals surface area contributed by atoms with Gasteiger partial charge in [0.05, 0.1) is 5.71 Å². The van der Waals surface area contributed by atoms with Crippen LogP contribution in [0.15, 0.2) is 77.5 Å². The van der Waals surface area contributed by atoms with E-state index in [9.17, 15) is 4.79 Å². The maximum absolute atomic E-state index is 11.8. The number of amides is 1. The van der Waals surface area contributed by atoms with E-state index in [1.54, 1.807) is 0 Å². The van der Waals surface area contributed by atoms with E-state index in [2.05, 4.69) is 65.1 Å². The molecule has 0 aromatic heterocycles. The Labute approximate surface area is 191 Å². The number of carbonyl (C=O) groups excluding carboxylic acids is 1. The molecular weight excluding hydrogens is 400 g/mol. The molecule has 0 saturated heterocycles. The number of aryl methyl sites for hydroxylation is 1. The Balaban J connectivity index is 1.55. The SMILES string of the molecule is CC(C)(C)OC(=O)NCCC1CC(/C(=C/CCc2ccccc2)Cc2ccccc2)=NO1. The van der Waals surface area contributed by atoms with Gasteiger partial charge in [0.25, 0.3) is 0 Å². The molecule has 1 N–H and O–H groups in total. The number of oxime groups is 1. The van der Waals surface area contributed by atoms with Gasteiger partial charge in [0.2, 0.25) is 0 Å². The normalized spacial score (nSPS) is 16.3. The van der Waals surface area contributed by atoms with Crippen molar-refractivity contribution in [3.05, 3.63) is 83.4 Å². The molecule has 0 aliphatic carbocycles. The van der Waals surface area contributed by atoms with Crippen LogP contribution < -0.4 is 5.32 Å². The van der Waals surface area contributed by atoms with Crippen molar-refractivity contribution in [3.8, 4) is 0 Å². The van der Waals surface area contributed by atoms with Gasteiger partial charge in [-0.15, -0.1) is 0 Å². The largest absolute Gasteiger partial charge is 0.444 e. The van der Waals surface area contributed by atoms with Crippen molar-refractivity contribution < 1.29 is 14.4 Å². The second-order valence-electron chi connectivity index (χ2n) is 9.10. The van der Waals surface area contributed by atoms with Crippen LogP contribution in [0.1, 0.15) is 51.2 Å². The van der Waals surface area contributed by atoms with Crippen molar-refractivity contribution in [2.75, 3.05) is 6.54 Å². The molecule has 32 heavy (non-hydrogen) atoms. The third-order valence-corrected chi connectivity index (χ3v) is 5.14. The topological polar surface area (TPSA) is 59.9 Å². The number of ether oxygens (including phenoxy) is 1. The lowest BCUT2D eigenvalue weighted by Crippen LogP contribution is -2.34. The van der Waals surface area contributed by atoms with E-state index in [1.165, 1.54) is 16.7 Å². The van der Waals surface area contributed by atoms with E-state index in [0.717, 1.165) is 31.4 Å². The Bertz CT molecular complexity index is 915. The maximum atomic E-state index is 11.8. The fourth-order valence-corrected chi connectivity index (χ4v) is 3.59. The van der Waals surface area contributed by atoms with Gasteiger partial charge in [-0.1, -0.05) is 71.9 Å². The first kappa shape index (κ1) is 23.6. The fraction of sp³-hybridized carbons (Fsp3) is 0.407. The molecule has 2 aromatic rings. The van der Waals surface area contributed by atoms with Gasteiger partial charge >= 0.3 is 6.09 Å². The van der Waals surface area contributed by atoms with Crippen LogP contribution in [-0.4, -0.2) is 30.1 Å². The summed E-state index contributed by atoms with van der Waals surface area (Å²) in [5, 5.41) is 7.20. The van der Waals surface area contributed by atoms with E-state index < -0.39 is 11.7 Å². The molecule has 0 spiro atoms. The Kier molecular flexibility index (Phi) is 8.48. The molecule has 2 aromatic carbocycles. The Hall–Kier alpha value is -3.08. The van der Waals surface area contributed by atoms with Gasteiger partial charge in [-0.3, -0.25) is 0 Å².